The van der Waals surface area contributed by atoms with Crippen molar-refractivity contribution < 1.29 is 18.8 Å². The molecule has 0 aromatic heterocycles. The van der Waals surface area contributed by atoms with E-state index in [1.54, 1.807) is 25.1 Å². The zero-order valence-electron chi connectivity index (χ0n) is 11.8. The van der Waals surface area contributed by atoms with E-state index >= 15 is 0 Å². The number of hydrogen-bond donors (Lipinski definition) is 0. The van der Waals surface area contributed by atoms with Crippen LogP contribution in [-0.4, -0.2) is 21.2 Å². The van der Waals surface area contributed by atoms with Gasteiger partial charge in [-0.3, -0.25) is 0 Å². The molecule has 0 spiro atoms. The standard InChI is InChI=1S/C13H17N2O4Si/c1-4-20(5-2)19-13(17)15-14-12(16)18-11-9-7-6-8-10(11)3/h6-9H,4-5H2,1-3H3. The van der Waals surface area contributed by atoms with Gasteiger partial charge in [-0.1, -0.05) is 42.3 Å². The number of carbonyl (C=O) groups excluding carboxylic acids is 2. The highest BCUT2D eigenvalue weighted by Gasteiger charge is 2.14. The van der Waals surface area contributed by atoms with E-state index < -0.39 is 21.2 Å². The number of ether oxygens (including phenoxy) is 1. The fourth-order valence-corrected chi connectivity index (χ4v) is 2.48. The van der Waals surface area contributed by atoms with Crippen LogP contribution < -0.4 is 4.74 Å². The SMILES string of the molecule is CC[Si](CC)OC(=O)N=NC(=O)Oc1ccccc1C. The van der Waals surface area contributed by atoms with E-state index in [1.165, 1.54) is 0 Å². The van der Waals surface area contributed by atoms with Crippen LogP contribution in [-0.2, 0) is 4.43 Å². The summed E-state index contributed by atoms with van der Waals surface area (Å²) in [5.41, 5.74) is 0.793. The van der Waals surface area contributed by atoms with Gasteiger partial charge >= 0.3 is 12.2 Å². The molecule has 0 saturated heterocycles. The summed E-state index contributed by atoms with van der Waals surface area (Å²) in [6.07, 6.45) is -1.79. The van der Waals surface area contributed by atoms with Crippen molar-refractivity contribution in [3.63, 3.8) is 0 Å². The van der Waals surface area contributed by atoms with Crippen LogP contribution in [0.5, 0.6) is 5.75 Å². The molecule has 0 aliphatic rings. The first-order valence-electron chi connectivity index (χ1n) is 6.32. The Morgan fingerprint density at radius 1 is 1.10 bits per heavy atom. The third-order valence-electron chi connectivity index (χ3n) is 2.52. The lowest BCUT2D eigenvalue weighted by atomic mass is 10.2. The average molecular weight is 293 g/mol. The number of carbonyl (C=O) groups is 2. The molecule has 0 saturated carbocycles. The largest absolute Gasteiger partial charge is 0.499 e. The number of benzene rings is 1. The second kappa shape index (κ2) is 8.21. The first-order valence-corrected chi connectivity index (χ1v) is 8.14. The molecule has 0 unspecified atom stereocenters. The summed E-state index contributed by atoms with van der Waals surface area (Å²) in [5.74, 6) is 0.386. The molecule has 1 radical (unpaired) electrons. The second-order valence-corrected chi connectivity index (χ2v) is 6.64. The summed E-state index contributed by atoms with van der Waals surface area (Å²) < 4.78 is 10.0. The summed E-state index contributed by atoms with van der Waals surface area (Å²) >= 11 is 0. The molecule has 2 amide bonds. The van der Waals surface area contributed by atoms with Crippen molar-refractivity contribution in [3.8, 4) is 5.75 Å². The summed E-state index contributed by atoms with van der Waals surface area (Å²) in [5, 5.41) is 6.39. The number of hydrogen-bond acceptors (Lipinski definition) is 4. The molecule has 7 heteroatoms. The first-order chi connectivity index (χ1) is 9.56. The minimum absolute atomic E-state index is 0.386. The van der Waals surface area contributed by atoms with Crippen LogP contribution in [0.4, 0.5) is 9.59 Å². The summed E-state index contributed by atoms with van der Waals surface area (Å²) in [7, 11) is -1.19. The van der Waals surface area contributed by atoms with Crippen molar-refractivity contribution in [1.82, 2.24) is 0 Å². The Labute approximate surface area is 119 Å². The fraction of sp³-hybridized carbons (Fsp3) is 0.385. The van der Waals surface area contributed by atoms with Crippen LogP contribution in [0.3, 0.4) is 0 Å². The molecule has 0 atom stereocenters. The number of aryl methyl sites for hydroxylation is 1. The van der Waals surface area contributed by atoms with E-state index in [0.717, 1.165) is 17.7 Å². The fourth-order valence-electron chi connectivity index (χ4n) is 1.41. The maximum absolute atomic E-state index is 11.4. The lowest BCUT2D eigenvalue weighted by Crippen LogP contribution is -2.18. The molecule has 0 aliphatic heterocycles. The van der Waals surface area contributed by atoms with E-state index in [9.17, 15) is 9.59 Å². The van der Waals surface area contributed by atoms with E-state index in [0.29, 0.717) is 5.75 Å². The maximum atomic E-state index is 11.4. The molecule has 6 nitrogen and oxygen atoms in total. The number of amides is 2. The number of para-hydroxylation sites is 1. The molecule has 20 heavy (non-hydrogen) atoms. The number of azo groups is 1. The topological polar surface area (TPSA) is 77.3 Å². The highest BCUT2D eigenvalue weighted by Crippen LogP contribution is 2.16. The Hall–Kier alpha value is -2.02. The minimum atomic E-state index is -1.19. The van der Waals surface area contributed by atoms with Crippen LogP contribution in [0.25, 0.3) is 0 Å². The Bertz CT molecular complexity index is 501. The quantitative estimate of drug-likeness (QED) is 0.618. The van der Waals surface area contributed by atoms with Gasteiger partial charge in [0.1, 0.15) is 5.75 Å². The van der Waals surface area contributed by atoms with Gasteiger partial charge < -0.3 is 9.16 Å². The van der Waals surface area contributed by atoms with Crippen molar-refractivity contribution in [2.45, 2.75) is 32.9 Å². The van der Waals surface area contributed by atoms with Gasteiger partial charge in [-0.05, 0) is 30.6 Å². The molecule has 0 N–H and O–H groups in total. The smallest absolute Gasteiger partial charge is 0.458 e. The predicted octanol–water partition coefficient (Wildman–Crippen LogP) is 4.11. The zero-order chi connectivity index (χ0) is 15.0. The van der Waals surface area contributed by atoms with Crippen molar-refractivity contribution >= 4 is 21.2 Å². The molecule has 0 heterocycles. The van der Waals surface area contributed by atoms with Crippen LogP contribution >= 0.6 is 0 Å². The van der Waals surface area contributed by atoms with Gasteiger partial charge in [-0.25, -0.2) is 9.59 Å². The summed E-state index contributed by atoms with van der Waals surface area (Å²) in [4.78, 5) is 22.7. The molecular weight excluding hydrogens is 276 g/mol. The molecule has 1 aromatic rings. The van der Waals surface area contributed by atoms with E-state index in [2.05, 4.69) is 10.2 Å². The Kier molecular flexibility index (Phi) is 6.58. The second-order valence-electron chi connectivity index (χ2n) is 3.95. The number of nitrogens with zero attached hydrogens (tertiary/aromatic N) is 2. The monoisotopic (exact) mass is 293 g/mol. The molecule has 1 aromatic carbocycles. The summed E-state index contributed by atoms with van der Waals surface area (Å²) in [6.45, 7) is 5.68. The van der Waals surface area contributed by atoms with E-state index in [1.807, 2.05) is 19.9 Å². The van der Waals surface area contributed by atoms with Gasteiger partial charge in [0.15, 0.2) is 0 Å². The van der Waals surface area contributed by atoms with Crippen LogP contribution in [0.15, 0.2) is 34.5 Å². The Morgan fingerprint density at radius 2 is 1.70 bits per heavy atom. The Balaban J connectivity index is 2.52. The highest BCUT2D eigenvalue weighted by molar-refractivity contribution is 6.53. The molecule has 0 aliphatic carbocycles. The highest BCUT2D eigenvalue weighted by atomic mass is 28.3. The van der Waals surface area contributed by atoms with Crippen LogP contribution in [0.1, 0.15) is 19.4 Å². The molecule has 0 fully saturated rings. The summed E-state index contributed by atoms with van der Waals surface area (Å²) in [6, 6.07) is 8.57. The van der Waals surface area contributed by atoms with E-state index in [4.69, 9.17) is 9.16 Å². The van der Waals surface area contributed by atoms with Gasteiger partial charge in [-0.2, -0.15) is 0 Å². The van der Waals surface area contributed by atoms with Gasteiger partial charge in [0, 0.05) is 0 Å². The van der Waals surface area contributed by atoms with Gasteiger partial charge in [-0.15, -0.1) is 0 Å². The lowest BCUT2D eigenvalue weighted by Gasteiger charge is -2.07. The van der Waals surface area contributed by atoms with Crippen molar-refractivity contribution in [2.75, 3.05) is 0 Å². The third kappa shape index (κ3) is 5.31. The lowest BCUT2D eigenvalue weighted by molar-refractivity contribution is 0.200. The average Bonchev–Trinajstić information content (AvgIpc) is 2.45. The molecule has 1 rings (SSSR count). The number of rotatable bonds is 4. The molecule has 107 valence electrons. The Morgan fingerprint density at radius 3 is 2.30 bits per heavy atom. The van der Waals surface area contributed by atoms with Gasteiger partial charge in [0.2, 0.25) is 0 Å². The third-order valence-corrected chi connectivity index (χ3v) is 4.57. The zero-order valence-corrected chi connectivity index (χ0v) is 12.8. The minimum Gasteiger partial charge on any atom is -0.499 e. The first kappa shape index (κ1) is 16.0. The molecule has 0 bridgehead atoms. The van der Waals surface area contributed by atoms with Crippen molar-refractivity contribution in [3.05, 3.63) is 29.8 Å². The predicted molar refractivity (Wildman–Crippen MR) is 75.3 cm³/mol. The van der Waals surface area contributed by atoms with E-state index in [-0.39, 0.29) is 0 Å². The van der Waals surface area contributed by atoms with Gasteiger partial charge in [0.05, 0.1) is 0 Å². The maximum Gasteiger partial charge on any atom is 0.458 e. The molecular formula is C13H17N2O4Si. The van der Waals surface area contributed by atoms with Crippen molar-refractivity contribution in [1.29, 1.82) is 0 Å². The normalized spacial score (nSPS) is 10.8. The van der Waals surface area contributed by atoms with Crippen LogP contribution in [0.2, 0.25) is 12.1 Å². The van der Waals surface area contributed by atoms with Crippen LogP contribution in [0, 0.1) is 6.92 Å². The van der Waals surface area contributed by atoms with Crippen molar-refractivity contribution in [2.24, 2.45) is 10.2 Å². The van der Waals surface area contributed by atoms with Gasteiger partial charge in [0.25, 0.3) is 9.04 Å².